The molecule has 3 aromatic rings. The third-order valence-electron chi connectivity index (χ3n) is 5.84. The van der Waals surface area contributed by atoms with E-state index in [0.29, 0.717) is 5.56 Å². The van der Waals surface area contributed by atoms with Crippen molar-refractivity contribution >= 4 is 5.97 Å². The molecule has 3 rings (SSSR count). The molecule has 0 aliphatic carbocycles. The van der Waals surface area contributed by atoms with Gasteiger partial charge in [0.2, 0.25) is 0 Å². The third-order valence-corrected chi connectivity index (χ3v) is 5.84. The van der Waals surface area contributed by atoms with Crippen LogP contribution in [-0.2, 0) is 9.53 Å². The van der Waals surface area contributed by atoms with Crippen LogP contribution in [0, 0.1) is 13.8 Å². The maximum absolute atomic E-state index is 13.3. The summed E-state index contributed by atoms with van der Waals surface area (Å²) in [4.78, 5) is 28.7. The molecule has 1 aromatic carbocycles. The Labute approximate surface area is 201 Å². The van der Waals surface area contributed by atoms with Gasteiger partial charge in [-0.05, 0) is 48.2 Å². The van der Waals surface area contributed by atoms with E-state index in [4.69, 9.17) is 4.74 Å². The molecule has 35 heavy (non-hydrogen) atoms. The molecule has 2 aromatic heterocycles. The van der Waals surface area contributed by atoms with Gasteiger partial charge in [0.15, 0.2) is 0 Å². The molecule has 0 radical (unpaired) electrons. The predicted molar refractivity (Wildman–Crippen MR) is 127 cm³/mol. The van der Waals surface area contributed by atoms with Gasteiger partial charge in [0.05, 0.1) is 26.0 Å². The number of nitrogens with one attached hydrogen (secondary N) is 1. The number of carbonyl (C=O) groups excluding carboxylic acids is 1. The number of aromatic nitrogens is 2. The lowest BCUT2D eigenvalue weighted by Crippen LogP contribution is -2.36. The van der Waals surface area contributed by atoms with Crippen molar-refractivity contribution in [2.75, 3.05) is 13.7 Å². The molecule has 2 atom stereocenters. The first-order valence-corrected chi connectivity index (χ1v) is 11.1. The lowest BCUT2D eigenvalue weighted by atomic mass is 9.94. The summed E-state index contributed by atoms with van der Waals surface area (Å²) >= 11 is 0. The van der Waals surface area contributed by atoms with Crippen LogP contribution in [0.2, 0.25) is 0 Å². The molecule has 0 aliphatic rings. The Balaban J connectivity index is 1.94. The van der Waals surface area contributed by atoms with Crippen molar-refractivity contribution < 1.29 is 22.7 Å². The Kier molecular flexibility index (Phi) is 8.45. The molecule has 186 valence electrons. The van der Waals surface area contributed by atoms with Crippen LogP contribution in [0.15, 0.2) is 65.8 Å². The average Bonchev–Trinajstić information content (AvgIpc) is 2.80. The van der Waals surface area contributed by atoms with Crippen LogP contribution in [-0.4, -0.2) is 35.4 Å². The Hall–Kier alpha value is -3.46. The molecule has 0 spiro atoms. The van der Waals surface area contributed by atoms with Crippen LogP contribution in [0.25, 0.3) is 11.1 Å². The number of aryl methyl sites for hydroxylation is 2. The van der Waals surface area contributed by atoms with Crippen LogP contribution in [0.4, 0.5) is 13.2 Å². The first-order valence-electron chi connectivity index (χ1n) is 11.1. The van der Waals surface area contributed by atoms with Gasteiger partial charge >= 0.3 is 12.1 Å². The second-order valence-corrected chi connectivity index (χ2v) is 8.43. The lowest BCUT2D eigenvalue weighted by molar-refractivity contribution is -0.144. The number of hydrogen-bond donors (Lipinski definition) is 1. The first-order chi connectivity index (χ1) is 16.6. The standard InChI is InChI=1S/C26H28F3N3O3/c1-17-7-6-8-18(2)25(17)20-11-19(14-30-15-20)22(12-24(34)35-3)31-16-21(13-26(27,28)29)32-10-5-4-9-23(32)33/h4-11,14-15,21-22,31H,12-13,16H2,1-3H3. The second-order valence-electron chi connectivity index (χ2n) is 8.43. The topological polar surface area (TPSA) is 73.2 Å². The molecular formula is C26H28F3N3O3. The molecule has 0 saturated heterocycles. The Morgan fingerprint density at radius 3 is 2.46 bits per heavy atom. The van der Waals surface area contributed by atoms with E-state index >= 15 is 0 Å². The van der Waals surface area contributed by atoms with Crippen molar-refractivity contribution in [3.05, 3.63) is 88.1 Å². The summed E-state index contributed by atoms with van der Waals surface area (Å²) in [6.07, 6.45) is -1.18. The number of rotatable bonds is 9. The van der Waals surface area contributed by atoms with Crippen LogP contribution < -0.4 is 10.9 Å². The minimum Gasteiger partial charge on any atom is -0.469 e. The Bertz CT molecular complexity index is 1200. The van der Waals surface area contributed by atoms with Gasteiger partial charge in [-0.15, -0.1) is 0 Å². The number of nitrogens with zero attached hydrogens (tertiary/aromatic N) is 2. The van der Waals surface area contributed by atoms with Gasteiger partial charge in [0, 0.05) is 42.8 Å². The molecule has 6 nitrogen and oxygen atoms in total. The minimum atomic E-state index is -4.48. The fourth-order valence-corrected chi connectivity index (χ4v) is 4.17. The van der Waals surface area contributed by atoms with E-state index in [1.807, 2.05) is 38.1 Å². The highest BCUT2D eigenvalue weighted by atomic mass is 19.4. The van der Waals surface area contributed by atoms with Crippen LogP contribution in [0.3, 0.4) is 0 Å². The van der Waals surface area contributed by atoms with Crippen LogP contribution in [0.1, 0.15) is 41.6 Å². The normalized spacial score (nSPS) is 13.3. The summed E-state index contributed by atoms with van der Waals surface area (Å²) < 4.78 is 45.8. The number of carbonyl (C=O) groups is 1. The predicted octanol–water partition coefficient (Wildman–Crippen LogP) is 4.91. The molecular weight excluding hydrogens is 459 g/mol. The van der Waals surface area contributed by atoms with Crippen molar-refractivity contribution in [1.82, 2.24) is 14.9 Å². The number of alkyl halides is 3. The average molecular weight is 488 g/mol. The largest absolute Gasteiger partial charge is 0.469 e. The fourth-order valence-electron chi connectivity index (χ4n) is 4.17. The highest BCUT2D eigenvalue weighted by Gasteiger charge is 2.33. The molecule has 0 amide bonds. The van der Waals surface area contributed by atoms with Gasteiger partial charge in [0.25, 0.3) is 5.56 Å². The lowest BCUT2D eigenvalue weighted by Gasteiger charge is -2.25. The van der Waals surface area contributed by atoms with E-state index in [0.717, 1.165) is 26.8 Å². The number of esters is 1. The Morgan fingerprint density at radius 1 is 1.11 bits per heavy atom. The SMILES string of the molecule is COC(=O)CC(NCC(CC(F)(F)F)n1ccccc1=O)c1cncc(-c2c(C)cccc2C)c1. The number of benzene rings is 1. The molecule has 2 unspecified atom stereocenters. The highest BCUT2D eigenvalue weighted by Crippen LogP contribution is 2.30. The zero-order valence-electron chi connectivity index (χ0n) is 19.8. The second kappa shape index (κ2) is 11.3. The van der Waals surface area contributed by atoms with E-state index in [-0.39, 0.29) is 13.0 Å². The molecule has 9 heteroatoms. The zero-order valence-corrected chi connectivity index (χ0v) is 19.8. The summed E-state index contributed by atoms with van der Waals surface area (Å²) in [5, 5.41) is 3.06. The van der Waals surface area contributed by atoms with E-state index in [1.54, 1.807) is 12.4 Å². The first kappa shape index (κ1) is 26.2. The van der Waals surface area contributed by atoms with E-state index in [9.17, 15) is 22.8 Å². The molecule has 0 bridgehead atoms. The van der Waals surface area contributed by atoms with E-state index in [1.165, 1.54) is 31.5 Å². The monoisotopic (exact) mass is 487 g/mol. The number of hydrogen-bond acceptors (Lipinski definition) is 5. The summed E-state index contributed by atoms with van der Waals surface area (Å²) in [5.74, 6) is -0.524. The zero-order chi connectivity index (χ0) is 25.6. The van der Waals surface area contributed by atoms with Crippen LogP contribution >= 0.6 is 0 Å². The van der Waals surface area contributed by atoms with Crippen molar-refractivity contribution in [2.24, 2.45) is 0 Å². The maximum atomic E-state index is 13.3. The van der Waals surface area contributed by atoms with Gasteiger partial charge in [-0.3, -0.25) is 14.6 Å². The van der Waals surface area contributed by atoms with Crippen LogP contribution in [0.5, 0.6) is 0 Å². The number of methoxy groups -OCH3 is 1. The summed E-state index contributed by atoms with van der Waals surface area (Å²) in [7, 11) is 1.25. The van der Waals surface area contributed by atoms with Crippen molar-refractivity contribution in [3.8, 4) is 11.1 Å². The molecule has 0 fully saturated rings. The van der Waals surface area contributed by atoms with Gasteiger partial charge in [-0.25, -0.2) is 0 Å². The number of ether oxygens (including phenoxy) is 1. The van der Waals surface area contributed by atoms with Crippen molar-refractivity contribution in [3.63, 3.8) is 0 Å². The molecule has 0 aliphatic heterocycles. The smallest absolute Gasteiger partial charge is 0.391 e. The molecule has 2 heterocycles. The minimum absolute atomic E-state index is 0.114. The van der Waals surface area contributed by atoms with Gasteiger partial charge < -0.3 is 14.6 Å². The van der Waals surface area contributed by atoms with E-state index in [2.05, 4.69) is 10.3 Å². The number of halogens is 3. The number of pyridine rings is 2. The highest BCUT2D eigenvalue weighted by molar-refractivity contribution is 5.72. The quantitative estimate of drug-likeness (QED) is 0.434. The maximum Gasteiger partial charge on any atom is 0.391 e. The van der Waals surface area contributed by atoms with Crippen molar-refractivity contribution in [1.29, 1.82) is 0 Å². The fraction of sp³-hybridized carbons (Fsp3) is 0.346. The summed E-state index contributed by atoms with van der Waals surface area (Å²) in [6.45, 7) is 3.77. The molecule has 0 saturated carbocycles. The summed E-state index contributed by atoms with van der Waals surface area (Å²) in [5.41, 5.74) is 4.03. The van der Waals surface area contributed by atoms with Gasteiger partial charge in [-0.2, -0.15) is 13.2 Å². The summed E-state index contributed by atoms with van der Waals surface area (Å²) in [6, 6.07) is 10.1. The van der Waals surface area contributed by atoms with E-state index < -0.39 is 36.2 Å². The third kappa shape index (κ3) is 7.02. The van der Waals surface area contributed by atoms with Gasteiger partial charge in [-0.1, -0.05) is 24.3 Å². The van der Waals surface area contributed by atoms with Crippen molar-refractivity contribution in [2.45, 2.75) is 44.9 Å². The Morgan fingerprint density at radius 2 is 1.83 bits per heavy atom. The van der Waals surface area contributed by atoms with Gasteiger partial charge in [0.1, 0.15) is 0 Å². The molecule has 1 N–H and O–H groups in total.